The molecule has 0 aliphatic rings. The fourth-order valence-electron chi connectivity index (χ4n) is 3.21. The van der Waals surface area contributed by atoms with E-state index in [1.165, 1.54) is 27.8 Å². The molecule has 0 saturated carbocycles. The van der Waals surface area contributed by atoms with Crippen molar-refractivity contribution in [3.05, 3.63) is 106 Å². The lowest BCUT2D eigenvalue weighted by Gasteiger charge is -2.25. The Hall–Kier alpha value is -3.20. The van der Waals surface area contributed by atoms with E-state index in [9.17, 15) is 13.2 Å². The molecule has 0 saturated heterocycles. The zero-order chi connectivity index (χ0) is 23.4. The Balaban J connectivity index is 1.71. The molecule has 0 aliphatic heterocycles. The van der Waals surface area contributed by atoms with E-state index < -0.39 is 15.9 Å². The van der Waals surface area contributed by atoms with Crippen LogP contribution < -0.4 is 9.62 Å². The van der Waals surface area contributed by atoms with Crippen LogP contribution in [0.25, 0.3) is 0 Å². The monoisotopic (exact) mass is 497 g/mol. The van der Waals surface area contributed by atoms with Crippen LogP contribution in [-0.4, -0.2) is 19.3 Å². The Kier molecular flexibility index (Phi) is 6.78. The topological polar surface area (TPSA) is 79.4 Å². The summed E-state index contributed by atoms with van der Waals surface area (Å²) < 4.78 is 28.8. The molecule has 0 spiro atoms. The molecule has 1 aromatic heterocycles. The third-order valence-corrected chi connectivity index (χ3v) is 7.72. The second-order valence-corrected chi connectivity index (χ2v) is 10.7. The van der Waals surface area contributed by atoms with Crippen molar-refractivity contribution in [3.63, 3.8) is 0 Å². The van der Waals surface area contributed by atoms with Gasteiger partial charge < -0.3 is 0 Å². The molecule has 33 heavy (non-hydrogen) atoms. The number of aromatic nitrogens is 1. The van der Waals surface area contributed by atoms with Gasteiger partial charge in [-0.25, -0.2) is 13.4 Å². The molecule has 1 amide bonds. The van der Waals surface area contributed by atoms with Crippen LogP contribution in [0.4, 0.5) is 10.8 Å². The van der Waals surface area contributed by atoms with Crippen LogP contribution in [0.15, 0.2) is 90.0 Å². The van der Waals surface area contributed by atoms with Crippen LogP contribution in [-0.2, 0) is 16.6 Å². The highest BCUT2D eigenvalue weighted by molar-refractivity contribution is 7.92. The van der Waals surface area contributed by atoms with Crippen molar-refractivity contribution in [2.75, 3.05) is 9.62 Å². The minimum Gasteiger partial charge on any atom is -0.298 e. The first-order valence-electron chi connectivity index (χ1n) is 9.99. The maximum Gasteiger partial charge on any atom is 0.264 e. The standard InChI is InChI=1S/C24H20ClN3O3S2/c1-17-15-26-24(32-17)27-23(29)19-10-7-11-20(14-19)33(30,31)28(16-18-8-3-2-4-9-18)22-13-6-5-12-21(22)25/h2-15H,16H2,1H3,(H,26,27,29). The molecular weight excluding hydrogens is 478 g/mol. The smallest absolute Gasteiger partial charge is 0.264 e. The maximum absolute atomic E-state index is 13.8. The van der Waals surface area contributed by atoms with Crippen LogP contribution in [0, 0.1) is 6.92 Å². The lowest BCUT2D eigenvalue weighted by atomic mass is 10.2. The van der Waals surface area contributed by atoms with Crippen LogP contribution >= 0.6 is 22.9 Å². The second kappa shape index (κ2) is 9.74. The molecule has 0 unspecified atom stereocenters. The van der Waals surface area contributed by atoms with Gasteiger partial charge in [0.1, 0.15) is 0 Å². The van der Waals surface area contributed by atoms with Gasteiger partial charge in [-0.2, -0.15) is 0 Å². The Morgan fingerprint density at radius 1 is 1.03 bits per heavy atom. The fourth-order valence-corrected chi connectivity index (χ4v) is 5.68. The highest BCUT2D eigenvalue weighted by Gasteiger charge is 2.27. The van der Waals surface area contributed by atoms with Gasteiger partial charge in [0.25, 0.3) is 15.9 Å². The first-order chi connectivity index (χ1) is 15.8. The molecule has 4 rings (SSSR count). The highest BCUT2D eigenvalue weighted by atomic mass is 35.5. The fraction of sp³-hybridized carbons (Fsp3) is 0.0833. The van der Waals surface area contributed by atoms with Crippen molar-refractivity contribution >= 4 is 49.7 Å². The molecule has 6 nitrogen and oxygen atoms in total. The lowest BCUT2D eigenvalue weighted by molar-refractivity contribution is 0.102. The van der Waals surface area contributed by atoms with Gasteiger partial charge in [-0.05, 0) is 42.8 Å². The summed E-state index contributed by atoms with van der Waals surface area (Å²) in [6, 6.07) is 22.0. The molecular formula is C24H20ClN3O3S2. The van der Waals surface area contributed by atoms with Crippen molar-refractivity contribution in [2.24, 2.45) is 0 Å². The summed E-state index contributed by atoms with van der Waals surface area (Å²) in [4.78, 5) is 17.8. The Bertz CT molecular complexity index is 1390. The van der Waals surface area contributed by atoms with E-state index in [1.807, 2.05) is 37.3 Å². The Labute approximate surface area is 201 Å². The minimum absolute atomic E-state index is 0.0127. The van der Waals surface area contributed by atoms with Crippen LogP contribution in [0.1, 0.15) is 20.8 Å². The highest BCUT2D eigenvalue weighted by Crippen LogP contribution is 2.32. The number of carbonyl (C=O) groups excluding carboxylic acids is 1. The van der Waals surface area contributed by atoms with Gasteiger partial charge >= 0.3 is 0 Å². The summed E-state index contributed by atoms with van der Waals surface area (Å²) in [5, 5.41) is 3.47. The first kappa shape index (κ1) is 23.0. The number of carbonyl (C=O) groups is 1. The van der Waals surface area contributed by atoms with Crippen LogP contribution in [0.2, 0.25) is 5.02 Å². The van der Waals surface area contributed by atoms with Gasteiger partial charge in [-0.3, -0.25) is 14.4 Å². The average molecular weight is 498 g/mol. The van der Waals surface area contributed by atoms with Crippen molar-refractivity contribution in [2.45, 2.75) is 18.4 Å². The Morgan fingerprint density at radius 3 is 2.45 bits per heavy atom. The van der Waals surface area contributed by atoms with E-state index in [2.05, 4.69) is 10.3 Å². The van der Waals surface area contributed by atoms with E-state index in [4.69, 9.17) is 11.6 Å². The molecule has 0 aliphatic carbocycles. The number of anilines is 2. The molecule has 3 aromatic carbocycles. The largest absolute Gasteiger partial charge is 0.298 e. The SMILES string of the molecule is Cc1cnc(NC(=O)c2cccc(S(=O)(=O)N(Cc3ccccc3)c3ccccc3Cl)c2)s1. The van der Waals surface area contributed by atoms with Gasteiger partial charge in [0.05, 0.1) is 22.2 Å². The van der Waals surface area contributed by atoms with Crippen molar-refractivity contribution in [1.29, 1.82) is 0 Å². The lowest BCUT2D eigenvalue weighted by Crippen LogP contribution is -2.31. The number of thiazole rings is 1. The number of sulfonamides is 1. The molecule has 9 heteroatoms. The normalized spacial score (nSPS) is 11.2. The van der Waals surface area contributed by atoms with Gasteiger partial charge in [0, 0.05) is 16.6 Å². The second-order valence-electron chi connectivity index (χ2n) is 7.21. The van der Waals surface area contributed by atoms with Gasteiger partial charge in [0.2, 0.25) is 0 Å². The molecule has 1 N–H and O–H groups in total. The summed E-state index contributed by atoms with van der Waals surface area (Å²) in [5.74, 6) is -0.436. The van der Waals surface area contributed by atoms with E-state index in [1.54, 1.807) is 42.6 Å². The molecule has 0 bridgehead atoms. The number of rotatable bonds is 7. The number of aryl methyl sites for hydroxylation is 1. The molecule has 4 aromatic rings. The summed E-state index contributed by atoms with van der Waals surface area (Å²) >= 11 is 7.72. The summed E-state index contributed by atoms with van der Waals surface area (Å²) in [7, 11) is -4.04. The van der Waals surface area contributed by atoms with Crippen LogP contribution in [0.3, 0.4) is 0 Å². The summed E-state index contributed by atoms with van der Waals surface area (Å²) in [5.41, 5.74) is 1.37. The quantitative estimate of drug-likeness (QED) is 0.352. The van der Waals surface area contributed by atoms with E-state index in [-0.39, 0.29) is 17.0 Å². The first-order valence-corrected chi connectivity index (χ1v) is 12.6. The number of hydrogen-bond acceptors (Lipinski definition) is 5. The van der Waals surface area contributed by atoms with Gasteiger partial charge in [-0.1, -0.05) is 60.1 Å². The Morgan fingerprint density at radius 2 is 1.76 bits per heavy atom. The molecule has 168 valence electrons. The zero-order valence-electron chi connectivity index (χ0n) is 17.6. The molecule has 0 atom stereocenters. The summed E-state index contributed by atoms with van der Waals surface area (Å²) in [6.45, 7) is 1.97. The van der Waals surface area contributed by atoms with E-state index in [0.29, 0.717) is 15.8 Å². The van der Waals surface area contributed by atoms with E-state index in [0.717, 1.165) is 10.4 Å². The molecule has 0 radical (unpaired) electrons. The number of hydrogen-bond donors (Lipinski definition) is 1. The number of benzene rings is 3. The van der Waals surface area contributed by atoms with Crippen molar-refractivity contribution in [3.8, 4) is 0 Å². The zero-order valence-corrected chi connectivity index (χ0v) is 20.0. The number of halogens is 1. The number of nitrogens with one attached hydrogen (secondary N) is 1. The number of para-hydroxylation sites is 1. The molecule has 1 heterocycles. The average Bonchev–Trinajstić information content (AvgIpc) is 3.23. The number of nitrogens with zero attached hydrogens (tertiary/aromatic N) is 2. The van der Waals surface area contributed by atoms with E-state index >= 15 is 0 Å². The predicted octanol–water partition coefficient (Wildman–Crippen LogP) is 5.75. The third-order valence-electron chi connectivity index (χ3n) is 4.82. The van der Waals surface area contributed by atoms with Crippen molar-refractivity contribution in [1.82, 2.24) is 4.98 Å². The third kappa shape index (κ3) is 5.24. The van der Waals surface area contributed by atoms with Crippen LogP contribution in [0.5, 0.6) is 0 Å². The molecule has 0 fully saturated rings. The van der Waals surface area contributed by atoms with Gasteiger partial charge in [0.15, 0.2) is 5.13 Å². The predicted molar refractivity (Wildman–Crippen MR) is 133 cm³/mol. The van der Waals surface area contributed by atoms with Gasteiger partial charge in [-0.15, -0.1) is 11.3 Å². The van der Waals surface area contributed by atoms with Crippen molar-refractivity contribution < 1.29 is 13.2 Å². The number of amides is 1. The maximum atomic E-state index is 13.8. The summed E-state index contributed by atoms with van der Waals surface area (Å²) in [6.07, 6.45) is 1.66. The minimum atomic E-state index is -4.04.